The van der Waals surface area contributed by atoms with Crippen LogP contribution in [0.25, 0.3) is 21.9 Å². The van der Waals surface area contributed by atoms with Crippen molar-refractivity contribution in [3.8, 4) is 22.6 Å². The number of esters is 2. The number of fused-ring (bicyclic) bond motifs is 1. The van der Waals surface area contributed by atoms with Gasteiger partial charge >= 0.3 is 11.9 Å². The third-order valence-electron chi connectivity index (χ3n) is 4.51. The van der Waals surface area contributed by atoms with E-state index in [1.54, 1.807) is 19.9 Å². The zero-order chi connectivity index (χ0) is 19.7. The first-order valence-corrected chi connectivity index (χ1v) is 8.47. The van der Waals surface area contributed by atoms with Crippen molar-refractivity contribution in [2.75, 3.05) is 7.11 Å². The number of benzene rings is 3. The van der Waals surface area contributed by atoms with Crippen molar-refractivity contribution >= 4 is 22.7 Å². The van der Waals surface area contributed by atoms with Crippen molar-refractivity contribution in [1.82, 2.24) is 0 Å². The standard InChI is InChI=1S/C22H20O5/c1-12-11-18(24)19(13(2)21(12)27-14(3)23)20-16-8-6-5-7-15(16)9-10-17(20)22(25)26-4/h5-11,24H,1-4H3. The number of hydrogen-bond acceptors (Lipinski definition) is 5. The molecule has 1 N–H and O–H groups in total. The lowest BCUT2D eigenvalue weighted by Gasteiger charge is -2.19. The second-order valence-electron chi connectivity index (χ2n) is 6.34. The van der Waals surface area contributed by atoms with Crippen molar-refractivity contribution in [2.45, 2.75) is 20.8 Å². The molecule has 0 aliphatic rings. The average molecular weight is 364 g/mol. The molecule has 3 aromatic carbocycles. The highest BCUT2D eigenvalue weighted by Gasteiger charge is 2.23. The van der Waals surface area contributed by atoms with Crippen LogP contribution in [0.1, 0.15) is 28.4 Å². The van der Waals surface area contributed by atoms with Gasteiger partial charge in [0.1, 0.15) is 11.5 Å². The summed E-state index contributed by atoms with van der Waals surface area (Å²) >= 11 is 0. The van der Waals surface area contributed by atoms with Crippen LogP contribution < -0.4 is 4.74 Å². The lowest BCUT2D eigenvalue weighted by atomic mass is 9.89. The number of aromatic hydroxyl groups is 1. The Kier molecular flexibility index (Phi) is 4.86. The molecule has 0 bridgehead atoms. The van der Waals surface area contributed by atoms with Gasteiger partial charge in [-0.05, 0) is 42.3 Å². The molecule has 0 saturated carbocycles. The SMILES string of the molecule is COC(=O)c1ccc2ccccc2c1-c1c(O)cc(C)c(OC(C)=O)c1C. The molecule has 5 nitrogen and oxygen atoms in total. The predicted molar refractivity (Wildman–Crippen MR) is 103 cm³/mol. The fraction of sp³-hybridized carbons (Fsp3) is 0.182. The van der Waals surface area contributed by atoms with E-state index in [0.29, 0.717) is 33.6 Å². The fourth-order valence-electron chi connectivity index (χ4n) is 3.38. The third-order valence-corrected chi connectivity index (χ3v) is 4.51. The molecule has 0 aliphatic carbocycles. The molecule has 0 atom stereocenters. The van der Waals surface area contributed by atoms with E-state index in [-0.39, 0.29) is 5.75 Å². The molecule has 5 heteroatoms. The van der Waals surface area contributed by atoms with Crippen molar-refractivity contribution in [1.29, 1.82) is 0 Å². The Morgan fingerprint density at radius 3 is 2.37 bits per heavy atom. The number of carbonyl (C=O) groups excluding carboxylic acids is 2. The molecule has 3 aromatic rings. The number of phenolic OH excluding ortho intramolecular Hbond substituents is 1. The van der Waals surface area contributed by atoms with Crippen LogP contribution >= 0.6 is 0 Å². The number of aryl methyl sites for hydroxylation is 1. The number of rotatable bonds is 3. The first kappa shape index (κ1) is 18.5. The summed E-state index contributed by atoms with van der Waals surface area (Å²) < 4.78 is 10.3. The first-order valence-electron chi connectivity index (χ1n) is 8.47. The Bertz CT molecular complexity index is 1070. The number of ether oxygens (including phenoxy) is 2. The topological polar surface area (TPSA) is 72.8 Å². The molecule has 0 radical (unpaired) electrons. The normalized spacial score (nSPS) is 10.7. The van der Waals surface area contributed by atoms with E-state index in [1.165, 1.54) is 20.1 Å². The van der Waals surface area contributed by atoms with Crippen LogP contribution in [0.15, 0.2) is 42.5 Å². The molecule has 0 amide bonds. The second kappa shape index (κ2) is 7.11. The van der Waals surface area contributed by atoms with Crippen LogP contribution in [0, 0.1) is 13.8 Å². The van der Waals surface area contributed by atoms with Gasteiger partial charge in [-0.1, -0.05) is 30.3 Å². The number of methoxy groups -OCH3 is 1. The average Bonchev–Trinajstić information content (AvgIpc) is 2.64. The lowest BCUT2D eigenvalue weighted by molar-refractivity contribution is -0.131. The quantitative estimate of drug-likeness (QED) is 0.545. The van der Waals surface area contributed by atoms with E-state index in [9.17, 15) is 14.7 Å². The van der Waals surface area contributed by atoms with Crippen LogP contribution in [-0.2, 0) is 9.53 Å². The molecular formula is C22H20O5. The summed E-state index contributed by atoms with van der Waals surface area (Å²) in [5.41, 5.74) is 2.51. The molecule has 0 aliphatic heterocycles. The summed E-state index contributed by atoms with van der Waals surface area (Å²) in [6, 6.07) is 12.6. The Labute approximate surface area is 157 Å². The molecule has 138 valence electrons. The van der Waals surface area contributed by atoms with Gasteiger partial charge in [0.05, 0.1) is 12.7 Å². The lowest BCUT2D eigenvalue weighted by Crippen LogP contribution is -2.08. The Hall–Kier alpha value is -3.34. The maximum absolute atomic E-state index is 12.4. The minimum Gasteiger partial charge on any atom is -0.507 e. The molecule has 0 saturated heterocycles. The van der Waals surface area contributed by atoms with E-state index >= 15 is 0 Å². The van der Waals surface area contributed by atoms with Crippen molar-refractivity contribution < 1.29 is 24.2 Å². The predicted octanol–water partition coefficient (Wildman–Crippen LogP) is 4.54. The van der Waals surface area contributed by atoms with E-state index in [4.69, 9.17) is 9.47 Å². The fourth-order valence-corrected chi connectivity index (χ4v) is 3.38. The van der Waals surface area contributed by atoms with Gasteiger partial charge < -0.3 is 14.6 Å². The highest BCUT2D eigenvalue weighted by molar-refractivity contribution is 6.09. The number of phenols is 1. The van der Waals surface area contributed by atoms with Gasteiger partial charge in [0, 0.05) is 23.6 Å². The van der Waals surface area contributed by atoms with Gasteiger partial charge in [0.2, 0.25) is 0 Å². The molecule has 3 rings (SSSR count). The molecule has 27 heavy (non-hydrogen) atoms. The van der Waals surface area contributed by atoms with Crippen LogP contribution in [0.5, 0.6) is 11.5 Å². The minimum absolute atomic E-state index is 0.00223. The zero-order valence-electron chi connectivity index (χ0n) is 15.6. The van der Waals surface area contributed by atoms with Crippen molar-refractivity contribution in [3.63, 3.8) is 0 Å². The van der Waals surface area contributed by atoms with Crippen molar-refractivity contribution in [2.24, 2.45) is 0 Å². The Morgan fingerprint density at radius 1 is 1.00 bits per heavy atom. The van der Waals surface area contributed by atoms with Gasteiger partial charge in [0.25, 0.3) is 0 Å². The largest absolute Gasteiger partial charge is 0.507 e. The Balaban J connectivity index is 2.45. The molecular weight excluding hydrogens is 344 g/mol. The zero-order valence-corrected chi connectivity index (χ0v) is 15.6. The monoisotopic (exact) mass is 364 g/mol. The third kappa shape index (κ3) is 3.24. The van der Waals surface area contributed by atoms with Crippen LogP contribution in [0.2, 0.25) is 0 Å². The van der Waals surface area contributed by atoms with E-state index in [1.807, 2.05) is 30.3 Å². The molecule has 0 unspecified atom stereocenters. The summed E-state index contributed by atoms with van der Waals surface area (Å²) in [5.74, 6) is -0.588. The van der Waals surface area contributed by atoms with Crippen LogP contribution in [-0.4, -0.2) is 24.2 Å². The highest BCUT2D eigenvalue weighted by Crippen LogP contribution is 2.44. The van der Waals surface area contributed by atoms with Crippen LogP contribution in [0.4, 0.5) is 0 Å². The molecule has 0 spiro atoms. The van der Waals surface area contributed by atoms with E-state index in [2.05, 4.69) is 0 Å². The summed E-state index contributed by atoms with van der Waals surface area (Å²) in [6.45, 7) is 4.82. The number of hydrogen-bond donors (Lipinski definition) is 1. The van der Waals surface area contributed by atoms with Gasteiger partial charge in [-0.25, -0.2) is 4.79 Å². The van der Waals surface area contributed by atoms with Gasteiger partial charge in [-0.3, -0.25) is 4.79 Å². The van der Waals surface area contributed by atoms with Crippen molar-refractivity contribution in [3.05, 3.63) is 59.2 Å². The number of carbonyl (C=O) groups is 2. The molecule has 0 heterocycles. The molecule has 0 fully saturated rings. The summed E-state index contributed by atoms with van der Waals surface area (Å²) in [7, 11) is 1.31. The Morgan fingerprint density at radius 2 is 1.70 bits per heavy atom. The highest BCUT2D eigenvalue weighted by atomic mass is 16.5. The van der Waals surface area contributed by atoms with E-state index < -0.39 is 11.9 Å². The van der Waals surface area contributed by atoms with Gasteiger partial charge in [-0.2, -0.15) is 0 Å². The summed E-state index contributed by atoms with van der Waals surface area (Å²) in [6.07, 6.45) is 0. The maximum atomic E-state index is 12.4. The van der Waals surface area contributed by atoms with E-state index in [0.717, 1.165) is 10.8 Å². The summed E-state index contributed by atoms with van der Waals surface area (Å²) in [4.78, 5) is 23.9. The van der Waals surface area contributed by atoms with Gasteiger partial charge in [-0.15, -0.1) is 0 Å². The maximum Gasteiger partial charge on any atom is 0.338 e. The summed E-state index contributed by atoms with van der Waals surface area (Å²) in [5, 5.41) is 12.4. The first-order chi connectivity index (χ1) is 12.8. The van der Waals surface area contributed by atoms with Crippen LogP contribution in [0.3, 0.4) is 0 Å². The van der Waals surface area contributed by atoms with Gasteiger partial charge in [0.15, 0.2) is 0 Å². The smallest absolute Gasteiger partial charge is 0.338 e. The minimum atomic E-state index is -0.510. The second-order valence-corrected chi connectivity index (χ2v) is 6.34. The molecule has 0 aromatic heterocycles.